The fourth-order valence-corrected chi connectivity index (χ4v) is 5.52. The molecule has 0 aliphatic heterocycles. The van der Waals surface area contributed by atoms with Crippen LogP contribution in [0.1, 0.15) is 21.6 Å². The van der Waals surface area contributed by atoms with Crippen molar-refractivity contribution in [1.82, 2.24) is 19.7 Å². The summed E-state index contributed by atoms with van der Waals surface area (Å²) in [6, 6.07) is 16.2. The number of halogens is 5. The minimum atomic E-state index is -0.627. The number of hydrogen-bond donors (Lipinski definition) is 2. The number of likely N-dealkylation sites (N-methyl/N-ethyl adjacent to an activating group) is 1. The Bertz CT molecular complexity index is 1950. The third-order valence-corrected chi connectivity index (χ3v) is 8.83. The summed E-state index contributed by atoms with van der Waals surface area (Å²) in [5.41, 5.74) is 3.68. The van der Waals surface area contributed by atoms with Gasteiger partial charge < -0.3 is 25.2 Å². The quantitative estimate of drug-likeness (QED) is 0.159. The topological polar surface area (TPSA) is 121 Å². The zero-order valence-corrected chi connectivity index (χ0v) is 30.5. The summed E-state index contributed by atoms with van der Waals surface area (Å²) in [4.78, 5) is 50.0. The van der Waals surface area contributed by atoms with Crippen molar-refractivity contribution in [2.75, 3.05) is 35.8 Å². The Morgan fingerprint density at radius 3 is 2.50 bits per heavy atom. The van der Waals surface area contributed by atoms with E-state index in [0.29, 0.717) is 44.6 Å². The summed E-state index contributed by atoms with van der Waals surface area (Å²) in [6.45, 7) is 1.58. The number of benzene rings is 2. The number of urea groups is 1. The minimum Gasteiger partial charge on any atom is -0.485 e. The highest BCUT2D eigenvalue weighted by atomic mass is 79.9. The van der Waals surface area contributed by atoms with E-state index in [4.69, 9.17) is 27.9 Å². The van der Waals surface area contributed by atoms with Crippen LogP contribution in [0.25, 0.3) is 5.65 Å². The van der Waals surface area contributed by atoms with E-state index in [9.17, 15) is 14.4 Å². The van der Waals surface area contributed by atoms with E-state index in [0.717, 1.165) is 10.3 Å². The molecule has 0 unspecified atom stereocenters. The van der Waals surface area contributed by atoms with Crippen LogP contribution < -0.4 is 25.2 Å². The molecule has 2 aromatic carbocycles. The molecule has 16 heteroatoms. The predicted octanol–water partition coefficient (Wildman–Crippen LogP) is 7.59. The zero-order valence-electron chi connectivity index (χ0n) is 25.7. The van der Waals surface area contributed by atoms with Crippen LogP contribution in [0.2, 0.25) is 10.0 Å². The molecule has 48 heavy (non-hydrogen) atoms. The molecule has 3 heterocycles. The predicted molar refractivity (Wildman–Crippen MR) is 197 cm³/mol. The molecule has 0 aliphatic carbocycles. The summed E-state index contributed by atoms with van der Waals surface area (Å²) < 4.78 is 8.74. The van der Waals surface area contributed by atoms with Crippen LogP contribution in [0.4, 0.5) is 21.9 Å². The molecule has 0 bridgehead atoms. The van der Waals surface area contributed by atoms with Crippen LogP contribution in [0.15, 0.2) is 83.9 Å². The number of hydrogen-bond acceptors (Lipinski definition) is 6. The Morgan fingerprint density at radius 1 is 1.00 bits per heavy atom. The number of aromatic nitrogens is 3. The number of amides is 4. The van der Waals surface area contributed by atoms with Crippen molar-refractivity contribution in [3.63, 3.8) is 0 Å². The number of pyridine rings is 2. The number of carbonyl (C=O) groups is 3. The van der Waals surface area contributed by atoms with Crippen molar-refractivity contribution in [3.8, 4) is 5.75 Å². The molecule has 0 saturated heterocycles. The molecule has 11 nitrogen and oxygen atoms in total. The van der Waals surface area contributed by atoms with Gasteiger partial charge in [0.2, 0.25) is 5.91 Å². The van der Waals surface area contributed by atoms with Crippen molar-refractivity contribution < 1.29 is 19.1 Å². The smallest absolute Gasteiger partial charge is 0.319 e. The number of fused-ring (bicyclic) bond motifs is 1. The maximum absolute atomic E-state index is 13.1. The normalized spacial score (nSPS) is 10.4. The van der Waals surface area contributed by atoms with Gasteiger partial charge in [0.15, 0.2) is 11.4 Å². The highest BCUT2D eigenvalue weighted by Gasteiger charge is 2.20. The Balaban J connectivity index is 0.00000312. The molecule has 4 amide bonds. The van der Waals surface area contributed by atoms with E-state index in [2.05, 4.69) is 36.5 Å². The van der Waals surface area contributed by atoms with Crippen molar-refractivity contribution in [1.29, 1.82) is 0 Å². The molecular formula is C32H30BrCl4N7O4. The second-order valence-corrected chi connectivity index (χ2v) is 11.7. The summed E-state index contributed by atoms with van der Waals surface area (Å²) in [6.07, 6.45) is 5.07. The largest absolute Gasteiger partial charge is 0.485 e. The first-order valence-electron chi connectivity index (χ1n) is 13.9. The van der Waals surface area contributed by atoms with Crippen LogP contribution in [-0.2, 0) is 11.4 Å². The number of aryl methyl sites for hydroxylation is 1. The maximum atomic E-state index is 13.1. The fourth-order valence-electron chi connectivity index (χ4n) is 4.54. The van der Waals surface area contributed by atoms with Gasteiger partial charge in [-0.1, -0.05) is 29.3 Å². The van der Waals surface area contributed by atoms with Crippen LogP contribution in [0.5, 0.6) is 5.75 Å². The third kappa shape index (κ3) is 8.50. The lowest BCUT2D eigenvalue weighted by molar-refractivity contribution is -0.117. The molecule has 5 aromatic rings. The molecule has 5 rings (SSSR count). The monoisotopic (exact) mass is 795 g/mol. The van der Waals surface area contributed by atoms with E-state index < -0.39 is 11.9 Å². The van der Waals surface area contributed by atoms with Gasteiger partial charge in [-0.2, -0.15) is 0 Å². The van der Waals surface area contributed by atoms with E-state index in [1.807, 2.05) is 23.6 Å². The number of carbonyl (C=O) groups excluding carboxylic acids is 3. The molecule has 252 valence electrons. The van der Waals surface area contributed by atoms with E-state index in [1.165, 1.54) is 9.80 Å². The van der Waals surface area contributed by atoms with Gasteiger partial charge in [0.25, 0.3) is 5.91 Å². The summed E-state index contributed by atoms with van der Waals surface area (Å²) >= 11 is 16.7. The third-order valence-electron chi connectivity index (χ3n) is 7.09. The van der Waals surface area contributed by atoms with Gasteiger partial charge in [-0.3, -0.25) is 19.0 Å². The first kappa shape index (κ1) is 38.4. The fraction of sp³-hybridized carbons (Fsp3) is 0.156. The van der Waals surface area contributed by atoms with Crippen molar-refractivity contribution in [2.45, 2.75) is 13.5 Å². The number of imidazole rings is 1. The van der Waals surface area contributed by atoms with Gasteiger partial charge in [-0.15, -0.1) is 24.8 Å². The molecule has 2 N–H and O–H groups in total. The first-order valence-corrected chi connectivity index (χ1v) is 15.4. The van der Waals surface area contributed by atoms with Crippen LogP contribution in [0, 0.1) is 6.92 Å². The Kier molecular flexibility index (Phi) is 13.5. The molecule has 0 aliphatic rings. The Hall–Kier alpha value is -4.07. The van der Waals surface area contributed by atoms with Gasteiger partial charge >= 0.3 is 6.03 Å². The van der Waals surface area contributed by atoms with Crippen LogP contribution in [-0.4, -0.2) is 52.9 Å². The second kappa shape index (κ2) is 16.8. The highest BCUT2D eigenvalue weighted by molar-refractivity contribution is 9.10. The maximum Gasteiger partial charge on any atom is 0.319 e. The summed E-state index contributed by atoms with van der Waals surface area (Å²) in [5.74, 6) is -0.181. The molecule has 0 saturated carbocycles. The van der Waals surface area contributed by atoms with Gasteiger partial charge in [0, 0.05) is 48.3 Å². The minimum absolute atomic E-state index is 0. The number of anilines is 3. The van der Waals surface area contributed by atoms with E-state index >= 15 is 0 Å². The van der Waals surface area contributed by atoms with Crippen molar-refractivity contribution in [2.24, 2.45) is 0 Å². The number of ether oxygens (including phenoxy) is 1. The Morgan fingerprint density at radius 2 is 1.77 bits per heavy atom. The summed E-state index contributed by atoms with van der Waals surface area (Å²) in [7, 11) is 3.18. The SMILES string of the molecule is Cc1nc2c(OCc3c(Cl)ccc(N(C)C(=O)CNC(=O)Nc4cccc(C(=O)N(C)c5cccnc5)c4)c3Cl)cccn2c1Br.Cl.Cl. The lowest BCUT2D eigenvalue weighted by Crippen LogP contribution is -2.40. The van der Waals surface area contributed by atoms with Gasteiger partial charge in [0.05, 0.1) is 34.8 Å². The molecule has 3 aromatic heterocycles. The zero-order chi connectivity index (χ0) is 33.0. The van der Waals surface area contributed by atoms with E-state index in [-0.39, 0.29) is 48.9 Å². The van der Waals surface area contributed by atoms with Gasteiger partial charge in [-0.25, -0.2) is 9.78 Å². The van der Waals surface area contributed by atoms with Crippen LogP contribution in [0.3, 0.4) is 0 Å². The number of nitrogens with zero attached hydrogens (tertiary/aromatic N) is 5. The molecule has 0 fully saturated rings. The lowest BCUT2D eigenvalue weighted by atomic mass is 10.1. The van der Waals surface area contributed by atoms with Crippen molar-refractivity contribution >= 4 is 105 Å². The molecule has 0 spiro atoms. The van der Waals surface area contributed by atoms with Gasteiger partial charge in [-0.05, 0) is 77.5 Å². The lowest BCUT2D eigenvalue weighted by Gasteiger charge is -2.21. The molecular weight excluding hydrogens is 768 g/mol. The van der Waals surface area contributed by atoms with Crippen LogP contribution >= 0.6 is 63.9 Å². The van der Waals surface area contributed by atoms with Gasteiger partial charge in [0.1, 0.15) is 11.2 Å². The molecule has 0 radical (unpaired) electrons. The second-order valence-electron chi connectivity index (χ2n) is 10.1. The number of rotatable bonds is 9. The van der Waals surface area contributed by atoms with Crippen molar-refractivity contribution in [3.05, 3.63) is 111 Å². The summed E-state index contributed by atoms with van der Waals surface area (Å²) in [5, 5.41) is 5.80. The Labute approximate surface area is 307 Å². The highest BCUT2D eigenvalue weighted by Crippen LogP contribution is 2.35. The van der Waals surface area contributed by atoms with E-state index in [1.54, 1.807) is 81.1 Å². The standard InChI is InChI=1S/C32H28BrCl2N7O4.2ClH/c1-19-29(33)42-14-6-10-26(30(42)38-19)46-18-23-24(34)11-12-25(28(23)35)41(3)27(43)17-37-32(45)39-21-8-4-7-20(15-21)31(44)40(2)22-9-5-13-36-16-22;;/h4-16H,17-18H2,1-3H3,(H2,37,39,45);2*1H. The average molecular weight is 798 g/mol. The average Bonchev–Trinajstić information content (AvgIpc) is 3.36. The number of nitrogens with one attached hydrogen (secondary N) is 2. The first-order chi connectivity index (χ1) is 22.0. The molecule has 0 atom stereocenters.